The fourth-order valence-electron chi connectivity index (χ4n) is 2.73. The Morgan fingerprint density at radius 1 is 0.742 bits per heavy atom. The number of hydrogen-bond donors (Lipinski definition) is 2. The van der Waals surface area contributed by atoms with Crippen molar-refractivity contribution in [2.24, 2.45) is 0 Å². The molecule has 0 heterocycles. The molecule has 0 spiro atoms. The molecule has 2 amide bonds. The lowest BCUT2D eigenvalue weighted by molar-refractivity contribution is -0.137. The fourth-order valence-corrected chi connectivity index (χ4v) is 2.73. The van der Waals surface area contributed by atoms with Gasteiger partial charge in [-0.1, -0.05) is 30.3 Å². The maximum atomic E-state index is 12.5. The van der Waals surface area contributed by atoms with Gasteiger partial charge in [-0.3, -0.25) is 9.59 Å². The molecule has 0 aliphatic rings. The van der Waals surface area contributed by atoms with E-state index in [2.05, 4.69) is 10.6 Å². The first-order chi connectivity index (χ1) is 15.0. The maximum absolute atomic E-state index is 12.5. The van der Waals surface area contributed by atoms with Gasteiger partial charge in [0.1, 0.15) is 0 Å². The number of nitrogens with one attached hydrogen (secondary N) is 2. The Kier molecular flexibility index (Phi) is 7.32. The quantitative estimate of drug-likeness (QED) is 0.431. The van der Waals surface area contributed by atoms with Crippen LogP contribution < -0.4 is 10.6 Å². The zero-order valence-electron chi connectivity index (χ0n) is 17.0. The average molecular weight is 414 g/mol. The van der Waals surface area contributed by atoms with Crippen LogP contribution in [0.1, 0.15) is 33.2 Å². The van der Waals surface area contributed by atoms with E-state index in [1.54, 1.807) is 85.8 Å². The van der Waals surface area contributed by atoms with Crippen LogP contribution >= 0.6 is 0 Å². The lowest BCUT2D eigenvalue weighted by Crippen LogP contribution is -2.13. The minimum Gasteiger partial charge on any atom is -0.463 e. The Morgan fingerprint density at radius 2 is 1.26 bits per heavy atom. The third-order valence-electron chi connectivity index (χ3n) is 4.31. The van der Waals surface area contributed by atoms with Gasteiger partial charge in [-0.15, -0.1) is 0 Å². The number of esters is 1. The second-order valence-corrected chi connectivity index (χ2v) is 6.56. The molecule has 0 aliphatic carbocycles. The zero-order valence-corrected chi connectivity index (χ0v) is 17.0. The minimum absolute atomic E-state index is 0.213. The second kappa shape index (κ2) is 10.5. The summed E-state index contributed by atoms with van der Waals surface area (Å²) >= 11 is 0. The second-order valence-electron chi connectivity index (χ2n) is 6.56. The van der Waals surface area contributed by atoms with E-state index in [1.807, 2.05) is 6.07 Å². The summed E-state index contributed by atoms with van der Waals surface area (Å²) in [5, 5.41) is 5.61. The molecule has 6 heteroatoms. The van der Waals surface area contributed by atoms with Gasteiger partial charge in [0.2, 0.25) is 0 Å². The van der Waals surface area contributed by atoms with E-state index in [0.29, 0.717) is 29.1 Å². The van der Waals surface area contributed by atoms with Gasteiger partial charge in [-0.25, -0.2) is 4.79 Å². The molecule has 0 aliphatic heterocycles. The van der Waals surface area contributed by atoms with Gasteiger partial charge in [-0.2, -0.15) is 0 Å². The Bertz CT molecular complexity index is 1070. The van der Waals surface area contributed by atoms with Gasteiger partial charge in [0.25, 0.3) is 11.8 Å². The standard InChI is InChI=1S/C25H22N2O4/c1-2-31-23(28)17-10-18-8-13-21(14-9-18)26-25(30)20-11-15-22(16-12-20)27-24(29)19-6-4-3-5-7-19/h3-17H,2H2,1H3,(H,26,30)(H,27,29). The van der Waals surface area contributed by atoms with E-state index in [1.165, 1.54) is 6.08 Å². The number of benzene rings is 3. The molecule has 0 atom stereocenters. The Morgan fingerprint density at radius 3 is 1.81 bits per heavy atom. The highest BCUT2D eigenvalue weighted by atomic mass is 16.5. The SMILES string of the molecule is CCOC(=O)C=Cc1ccc(NC(=O)c2ccc(NC(=O)c3ccccc3)cc2)cc1. The number of ether oxygens (including phenoxy) is 1. The molecular weight excluding hydrogens is 392 g/mol. The van der Waals surface area contributed by atoms with Crippen molar-refractivity contribution >= 4 is 35.2 Å². The largest absolute Gasteiger partial charge is 0.463 e. The van der Waals surface area contributed by atoms with Gasteiger partial charge < -0.3 is 15.4 Å². The lowest BCUT2D eigenvalue weighted by atomic mass is 10.1. The molecule has 0 radical (unpaired) electrons. The molecule has 0 unspecified atom stereocenters. The Balaban J connectivity index is 1.57. The number of carbonyl (C=O) groups excluding carboxylic acids is 3. The normalized spacial score (nSPS) is 10.5. The van der Waals surface area contributed by atoms with E-state index in [0.717, 1.165) is 5.56 Å². The third-order valence-corrected chi connectivity index (χ3v) is 4.31. The van der Waals surface area contributed by atoms with Crippen LogP contribution in [0.3, 0.4) is 0 Å². The van der Waals surface area contributed by atoms with Gasteiger partial charge in [-0.05, 0) is 67.1 Å². The van der Waals surface area contributed by atoms with Crippen molar-refractivity contribution < 1.29 is 19.1 Å². The predicted octanol–water partition coefficient (Wildman–Crippen LogP) is 4.77. The summed E-state index contributed by atoms with van der Waals surface area (Å²) in [6, 6.07) is 22.6. The van der Waals surface area contributed by atoms with Crippen LogP contribution in [0.4, 0.5) is 11.4 Å². The van der Waals surface area contributed by atoms with Crippen LogP contribution in [0, 0.1) is 0 Å². The molecule has 0 saturated carbocycles. The molecule has 0 aromatic heterocycles. The average Bonchev–Trinajstić information content (AvgIpc) is 2.80. The first-order valence-corrected chi connectivity index (χ1v) is 9.78. The van der Waals surface area contributed by atoms with Crippen molar-refractivity contribution in [2.75, 3.05) is 17.2 Å². The lowest BCUT2D eigenvalue weighted by Gasteiger charge is -2.08. The summed E-state index contributed by atoms with van der Waals surface area (Å²) < 4.78 is 4.84. The fraction of sp³-hybridized carbons (Fsp3) is 0.0800. The van der Waals surface area contributed by atoms with Gasteiger partial charge in [0, 0.05) is 28.6 Å². The monoisotopic (exact) mass is 414 g/mol. The molecule has 2 N–H and O–H groups in total. The maximum Gasteiger partial charge on any atom is 0.330 e. The van der Waals surface area contributed by atoms with E-state index in [4.69, 9.17) is 4.74 Å². The van der Waals surface area contributed by atoms with Crippen molar-refractivity contribution in [2.45, 2.75) is 6.92 Å². The molecule has 0 bridgehead atoms. The summed E-state index contributed by atoms with van der Waals surface area (Å²) in [4.78, 5) is 36.0. The highest BCUT2D eigenvalue weighted by Gasteiger charge is 2.08. The molecule has 156 valence electrons. The van der Waals surface area contributed by atoms with E-state index in [-0.39, 0.29) is 11.8 Å². The Labute approximate surface area is 180 Å². The molecule has 31 heavy (non-hydrogen) atoms. The highest BCUT2D eigenvalue weighted by Crippen LogP contribution is 2.15. The number of rotatable bonds is 7. The highest BCUT2D eigenvalue weighted by molar-refractivity contribution is 6.06. The third kappa shape index (κ3) is 6.40. The minimum atomic E-state index is -0.400. The number of hydrogen-bond acceptors (Lipinski definition) is 4. The van der Waals surface area contributed by atoms with Crippen LogP contribution in [0.25, 0.3) is 6.08 Å². The van der Waals surface area contributed by atoms with Crippen molar-refractivity contribution in [3.63, 3.8) is 0 Å². The van der Waals surface area contributed by atoms with Crippen LogP contribution in [0.2, 0.25) is 0 Å². The molecule has 3 aromatic rings. The summed E-state index contributed by atoms with van der Waals surface area (Å²) in [7, 11) is 0. The van der Waals surface area contributed by atoms with Crippen molar-refractivity contribution in [3.05, 3.63) is 102 Å². The van der Waals surface area contributed by atoms with Gasteiger partial charge >= 0.3 is 5.97 Å². The summed E-state index contributed by atoms with van der Waals surface area (Å²) in [5.74, 6) is -0.881. The number of anilines is 2. The van der Waals surface area contributed by atoms with E-state index >= 15 is 0 Å². The molecule has 3 aromatic carbocycles. The number of amides is 2. The van der Waals surface area contributed by atoms with Crippen molar-refractivity contribution in [1.82, 2.24) is 0 Å². The van der Waals surface area contributed by atoms with Gasteiger partial charge in [0.05, 0.1) is 6.61 Å². The smallest absolute Gasteiger partial charge is 0.330 e. The first-order valence-electron chi connectivity index (χ1n) is 9.78. The van der Waals surface area contributed by atoms with Crippen molar-refractivity contribution in [1.29, 1.82) is 0 Å². The van der Waals surface area contributed by atoms with E-state index < -0.39 is 5.97 Å². The van der Waals surface area contributed by atoms with Crippen molar-refractivity contribution in [3.8, 4) is 0 Å². The van der Waals surface area contributed by atoms with Crippen LogP contribution in [-0.2, 0) is 9.53 Å². The molecule has 6 nitrogen and oxygen atoms in total. The molecule has 0 fully saturated rings. The van der Waals surface area contributed by atoms with Gasteiger partial charge in [0.15, 0.2) is 0 Å². The molecule has 0 saturated heterocycles. The number of carbonyl (C=O) groups is 3. The predicted molar refractivity (Wildman–Crippen MR) is 121 cm³/mol. The summed E-state index contributed by atoms with van der Waals surface area (Å²) in [6.45, 7) is 2.08. The molecule has 3 rings (SSSR count). The van der Waals surface area contributed by atoms with E-state index in [9.17, 15) is 14.4 Å². The Hall–Kier alpha value is -4.19. The summed E-state index contributed by atoms with van der Waals surface area (Å²) in [6.07, 6.45) is 3.00. The molecular formula is C25H22N2O4. The topological polar surface area (TPSA) is 84.5 Å². The van der Waals surface area contributed by atoms with Crippen LogP contribution in [-0.4, -0.2) is 24.4 Å². The first kappa shape index (κ1) is 21.5. The van der Waals surface area contributed by atoms with Crippen LogP contribution in [0.15, 0.2) is 84.9 Å². The summed E-state index contributed by atoms with van der Waals surface area (Å²) in [5.41, 5.74) is 3.06. The van der Waals surface area contributed by atoms with Crippen LogP contribution in [0.5, 0.6) is 0 Å². The zero-order chi connectivity index (χ0) is 22.1.